The second-order valence-corrected chi connectivity index (χ2v) is 6.22. The second kappa shape index (κ2) is 7.83. The van der Waals surface area contributed by atoms with Gasteiger partial charge in [-0.15, -0.1) is 0 Å². The molecule has 6 nitrogen and oxygen atoms in total. The van der Waals surface area contributed by atoms with Crippen LogP contribution in [0.3, 0.4) is 0 Å². The van der Waals surface area contributed by atoms with Crippen LogP contribution in [0.15, 0.2) is 42.6 Å². The molecule has 3 rings (SSSR count). The maximum Gasteiger partial charge on any atom is 0.435 e. The van der Waals surface area contributed by atoms with Gasteiger partial charge in [0.05, 0.1) is 6.54 Å². The van der Waals surface area contributed by atoms with Crippen molar-refractivity contribution in [3.05, 3.63) is 65.4 Å². The molecule has 2 aromatic heterocycles. The summed E-state index contributed by atoms with van der Waals surface area (Å²) in [5.41, 5.74) is 0.186. The highest BCUT2D eigenvalue weighted by atomic mass is 19.4. The van der Waals surface area contributed by atoms with E-state index in [4.69, 9.17) is 0 Å². The molecular weight excluding hydrogens is 378 g/mol. The summed E-state index contributed by atoms with van der Waals surface area (Å²) in [5, 5.41) is 10.3. The number of alkyl halides is 3. The fourth-order valence-corrected chi connectivity index (χ4v) is 2.58. The molecule has 0 aliphatic heterocycles. The Bertz CT molecular complexity index is 959. The van der Waals surface area contributed by atoms with E-state index < -0.39 is 17.8 Å². The van der Waals surface area contributed by atoms with E-state index in [1.54, 1.807) is 29.1 Å². The smallest absolute Gasteiger partial charge is 0.309 e. The van der Waals surface area contributed by atoms with E-state index in [-0.39, 0.29) is 18.8 Å². The molecule has 2 heterocycles. The van der Waals surface area contributed by atoms with Gasteiger partial charge in [0, 0.05) is 30.9 Å². The number of hydrogen-bond donors (Lipinski definition) is 1. The van der Waals surface area contributed by atoms with Gasteiger partial charge in [0.25, 0.3) is 0 Å². The van der Waals surface area contributed by atoms with Gasteiger partial charge in [-0.05, 0) is 30.7 Å². The maximum atomic E-state index is 12.9. The van der Waals surface area contributed by atoms with E-state index in [0.29, 0.717) is 18.1 Å². The molecule has 0 saturated carbocycles. The molecule has 0 atom stereocenters. The summed E-state index contributed by atoms with van der Waals surface area (Å²) >= 11 is 0. The number of aryl methyl sites for hydroxylation is 2. The van der Waals surface area contributed by atoms with Gasteiger partial charge in [0.1, 0.15) is 5.82 Å². The summed E-state index contributed by atoms with van der Waals surface area (Å²) in [4.78, 5) is 12.0. The minimum absolute atomic E-state index is 0.0179. The van der Waals surface area contributed by atoms with Crippen molar-refractivity contribution in [2.75, 3.05) is 5.32 Å². The van der Waals surface area contributed by atoms with Gasteiger partial charge in [-0.2, -0.15) is 23.4 Å². The summed E-state index contributed by atoms with van der Waals surface area (Å²) in [6.45, 7) is 1.92. The Morgan fingerprint density at radius 1 is 1.14 bits per heavy atom. The predicted molar refractivity (Wildman–Crippen MR) is 92.9 cm³/mol. The second-order valence-electron chi connectivity index (χ2n) is 6.22. The van der Waals surface area contributed by atoms with Crippen molar-refractivity contribution in [3.8, 4) is 0 Å². The number of benzene rings is 1. The number of aromatic nitrogens is 4. The molecule has 0 aliphatic rings. The van der Waals surface area contributed by atoms with E-state index in [1.165, 1.54) is 19.1 Å². The van der Waals surface area contributed by atoms with Crippen LogP contribution < -0.4 is 5.32 Å². The first-order chi connectivity index (χ1) is 13.2. The van der Waals surface area contributed by atoms with E-state index in [1.807, 2.05) is 0 Å². The first-order valence-corrected chi connectivity index (χ1v) is 8.40. The average Bonchev–Trinajstić information content (AvgIpc) is 3.21. The Labute approximate surface area is 157 Å². The zero-order valence-corrected chi connectivity index (χ0v) is 14.9. The van der Waals surface area contributed by atoms with Crippen molar-refractivity contribution < 1.29 is 22.4 Å². The van der Waals surface area contributed by atoms with Gasteiger partial charge in [-0.3, -0.25) is 14.2 Å². The van der Waals surface area contributed by atoms with Crippen LogP contribution in [0.4, 0.5) is 23.4 Å². The van der Waals surface area contributed by atoms with Gasteiger partial charge < -0.3 is 5.32 Å². The lowest BCUT2D eigenvalue weighted by Gasteiger charge is -2.05. The molecule has 0 saturated heterocycles. The van der Waals surface area contributed by atoms with Gasteiger partial charge in [0.2, 0.25) is 5.91 Å². The summed E-state index contributed by atoms with van der Waals surface area (Å²) in [7, 11) is 0. The SMILES string of the molecule is Cc1cc(C(F)(F)F)nn1CCC(=O)Nc1ccn(Cc2ccc(F)cc2)n1. The number of anilines is 1. The molecule has 0 spiro atoms. The number of carbonyl (C=O) groups excluding carboxylic acids is 1. The van der Waals surface area contributed by atoms with Gasteiger partial charge in [0.15, 0.2) is 11.5 Å². The van der Waals surface area contributed by atoms with Crippen LogP contribution in [0.25, 0.3) is 0 Å². The molecule has 0 radical (unpaired) electrons. The lowest BCUT2D eigenvalue weighted by atomic mass is 10.2. The van der Waals surface area contributed by atoms with Crippen molar-refractivity contribution in [2.45, 2.75) is 32.6 Å². The number of nitrogens with one attached hydrogen (secondary N) is 1. The highest BCUT2D eigenvalue weighted by molar-refractivity contribution is 5.89. The van der Waals surface area contributed by atoms with E-state index in [9.17, 15) is 22.4 Å². The fourth-order valence-electron chi connectivity index (χ4n) is 2.58. The molecule has 1 N–H and O–H groups in total. The zero-order chi connectivity index (χ0) is 20.3. The summed E-state index contributed by atoms with van der Waals surface area (Å²) in [6.07, 6.45) is -2.91. The Morgan fingerprint density at radius 2 is 1.86 bits per heavy atom. The first-order valence-electron chi connectivity index (χ1n) is 8.40. The zero-order valence-electron chi connectivity index (χ0n) is 14.9. The monoisotopic (exact) mass is 395 g/mol. The van der Waals surface area contributed by atoms with Crippen LogP contribution in [-0.2, 0) is 24.1 Å². The number of rotatable bonds is 6. The summed E-state index contributed by atoms with van der Waals surface area (Å²) < 4.78 is 53.6. The predicted octanol–water partition coefficient (Wildman–Crippen LogP) is 3.62. The molecule has 1 aromatic carbocycles. The first kappa shape index (κ1) is 19.6. The minimum atomic E-state index is -4.52. The van der Waals surface area contributed by atoms with Gasteiger partial charge >= 0.3 is 6.18 Å². The standard InChI is InChI=1S/C18H17F4N5O/c1-12-10-15(18(20,21)22)24-27(12)9-7-17(28)23-16-6-8-26(25-16)11-13-2-4-14(19)5-3-13/h2-6,8,10H,7,9,11H2,1H3,(H,23,25,28). The average molecular weight is 395 g/mol. The van der Waals surface area contributed by atoms with Gasteiger partial charge in [-0.1, -0.05) is 12.1 Å². The highest BCUT2D eigenvalue weighted by Gasteiger charge is 2.34. The summed E-state index contributed by atoms with van der Waals surface area (Å²) in [6, 6.07) is 8.51. The van der Waals surface area contributed by atoms with Crippen LogP contribution in [0.5, 0.6) is 0 Å². The van der Waals surface area contributed by atoms with Crippen LogP contribution in [0, 0.1) is 12.7 Å². The molecule has 0 fully saturated rings. The fraction of sp³-hybridized carbons (Fsp3) is 0.278. The number of nitrogens with zero attached hydrogens (tertiary/aromatic N) is 4. The Morgan fingerprint density at radius 3 is 2.50 bits per heavy atom. The third-order valence-corrected chi connectivity index (χ3v) is 3.99. The number of carbonyl (C=O) groups is 1. The van der Waals surface area contributed by atoms with E-state index in [2.05, 4.69) is 15.5 Å². The lowest BCUT2D eigenvalue weighted by Crippen LogP contribution is -2.16. The number of amides is 1. The molecular formula is C18H17F4N5O. The quantitative estimate of drug-likeness (QED) is 0.649. The molecule has 0 bridgehead atoms. The topological polar surface area (TPSA) is 64.7 Å². The Kier molecular flexibility index (Phi) is 5.48. The number of halogens is 4. The van der Waals surface area contributed by atoms with Crippen molar-refractivity contribution in [3.63, 3.8) is 0 Å². The van der Waals surface area contributed by atoms with Crippen LogP contribution >= 0.6 is 0 Å². The molecule has 148 valence electrons. The van der Waals surface area contributed by atoms with Crippen LogP contribution in [-0.4, -0.2) is 25.5 Å². The van der Waals surface area contributed by atoms with E-state index in [0.717, 1.165) is 16.3 Å². The normalized spacial score (nSPS) is 11.6. The minimum Gasteiger partial charge on any atom is -0.309 e. The van der Waals surface area contributed by atoms with Crippen LogP contribution in [0.1, 0.15) is 23.4 Å². The molecule has 10 heteroatoms. The van der Waals surface area contributed by atoms with Gasteiger partial charge in [-0.25, -0.2) is 4.39 Å². The molecule has 28 heavy (non-hydrogen) atoms. The Balaban J connectivity index is 1.53. The van der Waals surface area contributed by atoms with Crippen molar-refractivity contribution in [2.24, 2.45) is 0 Å². The van der Waals surface area contributed by atoms with Crippen molar-refractivity contribution in [1.82, 2.24) is 19.6 Å². The Hall–Kier alpha value is -3.17. The largest absolute Gasteiger partial charge is 0.435 e. The lowest BCUT2D eigenvalue weighted by molar-refractivity contribution is -0.141. The van der Waals surface area contributed by atoms with Crippen molar-refractivity contribution in [1.29, 1.82) is 0 Å². The van der Waals surface area contributed by atoms with Crippen LogP contribution in [0.2, 0.25) is 0 Å². The molecule has 0 aliphatic carbocycles. The number of hydrogen-bond acceptors (Lipinski definition) is 3. The molecule has 3 aromatic rings. The third-order valence-electron chi connectivity index (χ3n) is 3.99. The molecule has 1 amide bonds. The third kappa shape index (κ3) is 4.96. The van der Waals surface area contributed by atoms with E-state index >= 15 is 0 Å². The summed E-state index contributed by atoms with van der Waals surface area (Å²) in [5.74, 6) is -0.400. The maximum absolute atomic E-state index is 12.9. The molecule has 0 unspecified atom stereocenters. The van der Waals surface area contributed by atoms with Crippen molar-refractivity contribution >= 4 is 11.7 Å². The highest BCUT2D eigenvalue weighted by Crippen LogP contribution is 2.28.